The summed E-state index contributed by atoms with van der Waals surface area (Å²) < 4.78 is 34.2. The Morgan fingerprint density at radius 3 is 2.62 bits per heavy atom. The van der Waals surface area contributed by atoms with Crippen molar-refractivity contribution in [2.24, 2.45) is 5.92 Å². The fourth-order valence-corrected chi connectivity index (χ4v) is 9.50. The van der Waals surface area contributed by atoms with Gasteiger partial charge in [0.25, 0.3) is 5.91 Å². The van der Waals surface area contributed by atoms with E-state index in [4.69, 9.17) is 9.72 Å². The highest BCUT2D eigenvalue weighted by atomic mass is 32.2. The Morgan fingerprint density at radius 2 is 1.88 bits per heavy atom. The Bertz CT molecular complexity index is 1710. The number of carbonyl (C=O) groups is 2. The highest BCUT2D eigenvalue weighted by molar-refractivity contribution is 7.89. The maximum atomic E-state index is 13.5. The fraction of sp³-hybridized carbons (Fsp3) is 0.367. The number of hydrogen-bond donors (Lipinski definition) is 1. The lowest BCUT2D eigenvalue weighted by Crippen LogP contribution is -2.39. The summed E-state index contributed by atoms with van der Waals surface area (Å²) >= 11 is 3.00. The molecule has 42 heavy (non-hydrogen) atoms. The molecular weight excluding hydrogens is 593 g/mol. The summed E-state index contributed by atoms with van der Waals surface area (Å²) in [6.07, 6.45) is 2.14. The summed E-state index contributed by atoms with van der Waals surface area (Å²) in [6, 6.07) is 14.0. The third kappa shape index (κ3) is 5.56. The van der Waals surface area contributed by atoms with Crippen LogP contribution in [0.2, 0.25) is 0 Å². The molecule has 0 saturated carbocycles. The van der Waals surface area contributed by atoms with Crippen LogP contribution in [0.4, 0.5) is 9.80 Å². The number of hydrogen-bond acceptors (Lipinski definition) is 8. The van der Waals surface area contributed by atoms with E-state index < -0.39 is 10.0 Å². The highest BCUT2D eigenvalue weighted by Crippen LogP contribution is 2.46. The first-order valence-corrected chi connectivity index (χ1v) is 17.2. The Morgan fingerprint density at radius 1 is 1.10 bits per heavy atom. The maximum Gasteiger partial charge on any atom is 0.410 e. The number of nitrogens with zero attached hydrogens (tertiary/aromatic N) is 3. The molecule has 2 amide bonds. The molecule has 0 radical (unpaired) electrons. The van der Waals surface area contributed by atoms with E-state index in [1.54, 1.807) is 35.3 Å². The van der Waals surface area contributed by atoms with Crippen LogP contribution < -0.4 is 5.32 Å². The van der Waals surface area contributed by atoms with Gasteiger partial charge in [-0.25, -0.2) is 18.2 Å². The predicted molar refractivity (Wildman–Crippen MR) is 166 cm³/mol. The number of fused-ring (bicyclic) bond motifs is 2. The van der Waals surface area contributed by atoms with Crippen molar-refractivity contribution in [2.75, 3.05) is 31.6 Å². The number of sulfonamides is 1. The van der Waals surface area contributed by atoms with Crippen molar-refractivity contribution in [1.29, 1.82) is 0 Å². The monoisotopic (exact) mass is 624 g/mol. The average Bonchev–Trinajstić information content (AvgIpc) is 3.57. The zero-order valence-corrected chi connectivity index (χ0v) is 25.9. The number of thiophene rings is 1. The van der Waals surface area contributed by atoms with Gasteiger partial charge < -0.3 is 15.0 Å². The van der Waals surface area contributed by atoms with Crippen molar-refractivity contribution in [3.05, 3.63) is 64.5 Å². The molecule has 0 aliphatic carbocycles. The van der Waals surface area contributed by atoms with Gasteiger partial charge >= 0.3 is 6.09 Å². The van der Waals surface area contributed by atoms with Crippen molar-refractivity contribution >= 4 is 59.9 Å². The summed E-state index contributed by atoms with van der Waals surface area (Å²) in [6.45, 7) is 6.09. The minimum atomic E-state index is -3.62. The van der Waals surface area contributed by atoms with E-state index in [-0.39, 0.29) is 16.9 Å². The van der Waals surface area contributed by atoms with Crippen molar-refractivity contribution in [3.8, 4) is 10.6 Å². The summed E-state index contributed by atoms with van der Waals surface area (Å²) in [5.74, 6) is -0.0158. The second kappa shape index (κ2) is 11.8. The molecule has 6 rings (SSSR count). The van der Waals surface area contributed by atoms with Crippen molar-refractivity contribution in [3.63, 3.8) is 0 Å². The van der Waals surface area contributed by atoms with Crippen LogP contribution >= 0.6 is 22.7 Å². The van der Waals surface area contributed by atoms with Gasteiger partial charge in [-0.05, 0) is 74.1 Å². The van der Waals surface area contributed by atoms with Crippen LogP contribution in [0, 0.1) is 5.92 Å². The second-order valence-electron chi connectivity index (χ2n) is 10.7. The topological polar surface area (TPSA) is 109 Å². The quantitative estimate of drug-likeness (QED) is 0.273. The molecule has 0 spiro atoms. The van der Waals surface area contributed by atoms with E-state index in [0.717, 1.165) is 44.1 Å². The van der Waals surface area contributed by atoms with Crippen molar-refractivity contribution in [1.82, 2.24) is 14.2 Å². The Labute approximate surface area is 253 Å². The maximum absolute atomic E-state index is 13.5. The molecule has 12 heteroatoms. The third-order valence-corrected chi connectivity index (χ3v) is 11.8. The summed E-state index contributed by atoms with van der Waals surface area (Å²) in [5, 5.41) is 4.55. The average molecular weight is 625 g/mol. The minimum absolute atomic E-state index is 0.189. The number of benzene rings is 2. The molecule has 4 aromatic rings. The molecule has 1 saturated heterocycles. The SMILES string of the molecule is CCOC(=O)N1CCc2c(sc(NC(=O)c3ccc(S(=O)(=O)N4CCCC(C)C4)cc3)c2-c2nc3ccccc3s2)C1. The van der Waals surface area contributed by atoms with Gasteiger partial charge in [0, 0.05) is 35.6 Å². The number of anilines is 1. The molecule has 1 fully saturated rings. The molecule has 2 aliphatic rings. The van der Waals surface area contributed by atoms with Gasteiger partial charge in [-0.1, -0.05) is 19.1 Å². The molecule has 1 atom stereocenters. The zero-order chi connectivity index (χ0) is 29.4. The number of piperidine rings is 1. The van der Waals surface area contributed by atoms with Crippen LogP contribution in [0.3, 0.4) is 0 Å². The molecule has 0 bridgehead atoms. The number of nitrogens with one attached hydrogen (secondary N) is 1. The number of ether oxygens (including phenoxy) is 1. The van der Waals surface area contributed by atoms with Gasteiger partial charge in [0.2, 0.25) is 10.0 Å². The standard InChI is InChI=1S/C30H32N4O5S3/c1-3-39-30(36)33-16-14-22-25(18-33)41-29(26(22)28-31-23-8-4-5-9-24(23)40-28)32-27(35)20-10-12-21(13-11-20)42(37,38)34-15-6-7-19(2)17-34/h4-5,8-13,19H,3,6-7,14-18H2,1-2H3,(H,32,35). The van der Waals surface area contributed by atoms with E-state index in [1.165, 1.54) is 27.8 Å². The molecule has 220 valence electrons. The van der Waals surface area contributed by atoms with Crippen LogP contribution in [-0.2, 0) is 27.7 Å². The number of thiazole rings is 1. The molecular formula is C30H32N4O5S3. The normalized spacial score (nSPS) is 17.7. The van der Waals surface area contributed by atoms with Gasteiger partial charge in [-0.15, -0.1) is 22.7 Å². The predicted octanol–water partition coefficient (Wildman–Crippen LogP) is 6.21. The Hall–Kier alpha value is -3.32. The van der Waals surface area contributed by atoms with E-state index in [9.17, 15) is 18.0 Å². The second-order valence-corrected chi connectivity index (χ2v) is 14.7. The number of rotatable bonds is 6. The first-order valence-electron chi connectivity index (χ1n) is 14.1. The van der Waals surface area contributed by atoms with Crippen LogP contribution in [0.5, 0.6) is 0 Å². The van der Waals surface area contributed by atoms with Crippen LogP contribution in [-0.4, -0.2) is 60.8 Å². The molecule has 1 N–H and O–H groups in total. The van der Waals surface area contributed by atoms with E-state index in [1.807, 2.05) is 24.3 Å². The van der Waals surface area contributed by atoms with E-state index >= 15 is 0 Å². The molecule has 1 unspecified atom stereocenters. The number of carbonyl (C=O) groups excluding carboxylic acids is 2. The Balaban J connectivity index is 1.29. The zero-order valence-electron chi connectivity index (χ0n) is 23.5. The van der Waals surface area contributed by atoms with Gasteiger partial charge in [-0.3, -0.25) is 4.79 Å². The molecule has 4 heterocycles. The highest BCUT2D eigenvalue weighted by Gasteiger charge is 2.31. The summed E-state index contributed by atoms with van der Waals surface area (Å²) in [7, 11) is -3.62. The van der Waals surface area contributed by atoms with Crippen molar-refractivity contribution < 1.29 is 22.7 Å². The van der Waals surface area contributed by atoms with Crippen molar-refractivity contribution in [2.45, 2.75) is 44.6 Å². The lowest BCUT2D eigenvalue weighted by Gasteiger charge is -2.30. The van der Waals surface area contributed by atoms with Gasteiger partial charge in [-0.2, -0.15) is 4.31 Å². The number of para-hydroxylation sites is 1. The summed E-state index contributed by atoms with van der Waals surface area (Å²) in [4.78, 5) is 33.7. The van der Waals surface area contributed by atoms with E-state index in [2.05, 4.69) is 12.2 Å². The smallest absolute Gasteiger partial charge is 0.410 e. The lowest BCUT2D eigenvalue weighted by molar-refractivity contribution is 0.102. The third-order valence-electron chi connectivity index (χ3n) is 7.69. The lowest BCUT2D eigenvalue weighted by atomic mass is 10.0. The first-order chi connectivity index (χ1) is 20.2. The fourth-order valence-electron chi connectivity index (χ4n) is 5.53. The van der Waals surface area contributed by atoms with Gasteiger partial charge in [0.1, 0.15) is 10.0 Å². The number of amides is 2. The molecule has 9 nitrogen and oxygen atoms in total. The van der Waals surface area contributed by atoms with Crippen LogP contribution in [0.1, 0.15) is 47.5 Å². The van der Waals surface area contributed by atoms with Crippen LogP contribution in [0.15, 0.2) is 53.4 Å². The molecule has 2 aromatic heterocycles. The first kappa shape index (κ1) is 28.8. The minimum Gasteiger partial charge on any atom is -0.450 e. The summed E-state index contributed by atoms with van der Waals surface area (Å²) in [5.41, 5.74) is 3.20. The van der Waals surface area contributed by atoms with Gasteiger partial charge in [0.15, 0.2) is 0 Å². The number of aromatic nitrogens is 1. The van der Waals surface area contributed by atoms with Gasteiger partial charge in [0.05, 0.1) is 28.3 Å². The van der Waals surface area contributed by atoms with E-state index in [0.29, 0.717) is 55.7 Å². The Kier molecular flexibility index (Phi) is 8.05. The molecule has 2 aliphatic heterocycles. The van der Waals surface area contributed by atoms with Crippen LogP contribution in [0.25, 0.3) is 20.8 Å². The largest absolute Gasteiger partial charge is 0.450 e. The molecule has 2 aromatic carbocycles.